The third-order valence-electron chi connectivity index (χ3n) is 5.92. The Morgan fingerprint density at radius 3 is 2.88 bits per heavy atom. The van der Waals surface area contributed by atoms with E-state index in [4.69, 9.17) is 14.0 Å². The summed E-state index contributed by atoms with van der Waals surface area (Å²) in [7, 11) is 0. The van der Waals surface area contributed by atoms with Crippen molar-refractivity contribution in [3.05, 3.63) is 59.5 Å². The molecule has 166 valence electrons. The van der Waals surface area contributed by atoms with Gasteiger partial charge < -0.3 is 19.3 Å². The summed E-state index contributed by atoms with van der Waals surface area (Å²) in [6, 6.07) is 13.8. The fourth-order valence-electron chi connectivity index (χ4n) is 4.13. The van der Waals surface area contributed by atoms with Gasteiger partial charge in [-0.2, -0.15) is 4.98 Å². The van der Waals surface area contributed by atoms with Crippen LogP contribution in [0.5, 0.6) is 11.5 Å². The quantitative estimate of drug-likeness (QED) is 0.637. The van der Waals surface area contributed by atoms with E-state index in [-0.39, 0.29) is 18.6 Å². The molecule has 8 heteroatoms. The molecule has 3 heterocycles. The van der Waals surface area contributed by atoms with Crippen molar-refractivity contribution < 1.29 is 18.8 Å². The number of nitrogens with zero attached hydrogens (tertiary/aromatic N) is 3. The highest BCUT2D eigenvalue weighted by Crippen LogP contribution is 2.32. The van der Waals surface area contributed by atoms with E-state index in [0.29, 0.717) is 31.3 Å². The zero-order valence-corrected chi connectivity index (χ0v) is 18.0. The Morgan fingerprint density at radius 2 is 2.00 bits per heavy atom. The van der Waals surface area contributed by atoms with Crippen LogP contribution in [0.2, 0.25) is 0 Å². The highest BCUT2D eigenvalue weighted by Gasteiger charge is 2.27. The number of carbonyl (C=O) groups is 1. The summed E-state index contributed by atoms with van der Waals surface area (Å²) in [5.41, 5.74) is 3.11. The summed E-state index contributed by atoms with van der Waals surface area (Å²) in [6.07, 6.45) is 1.84. The first kappa shape index (κ1) is 20.5. The van der Waals surface area contributed by atoms with Gasteiger partial charge >= 0.3 is 0 Å². The standard InChI is InChI=1S/C24H26N4O4/c1-16-4-7-18(8-5-16)23-26-22(32-27-23)14-28-10-2-3-19(13-28)24(29)25-12-17-6-9-20-21(11-17)31-15-30-20/h4-9,11,19H,2-3,10,12-15H2,1H3,(H,25,29). The van der Waals surface area contributed by atoms with Gasteiger partial charge in [-0.05, 0) is 44.0 Å². The van der Waals surface area contributed by atoms with Gasteiger partial charge in [-0.1, -0.05) is 41.1 Å². The fourth-order valence-corrected chi connectivity index (χ4v) is 4.13. The molecule has 0 bridgehead atoms. The van der Waals surface area contributed by atoms with Gasteiger partial charge in [0, 0.05) is 18.7 Å². The molecule has 2 aromatic carbocycles. The lowest BCUT2D eigenvalue weighted by Crippen LogP contribution is -2.42. The molecule has 8 nitrogen and oxygen atoms in total. The largest absolute Gasteiger partial charge is 0.454 e. The summed E-state index contributed by atoms with van der Waals surface area (Å²) in [4.78, 5) is 19.5. The zero-order chi connectivity index (χ0) is 21.9. The smallest absolute Gasteiger partial charge is 0.241 e. The molecule has 0 radical (unpaired) electrons. The Morgan fingerprint density at radius 1 is 1.16 bits per heavy atom. The summed E-state index contributed by atoms with van der Waals surface area (Å²) in [5.74, 6) is 2.65. The second-order valence-electron chi connectivity index (χ2n) is 8.36. The summed E-state index contributed by atoms with van der Waals surface area (Å²) in [6.45, 7) is 4.89. The minimum atomic E-state index is -0.0581. The van der Waals surface area contributed by atoms with E-state index < -0.39 is 0 Å². The normalized spacial score (nSPS) is 18.0. The monoisotopic (exact) mass is 434 g/mol. The first-order chi connectivity index (χ1) is 15.6. The van der Waals surface area contributed by atoms with Crippen LogP contribution in [0.3, 0.4) is 0 Å². The number of hydrogen-bond donors (Lipinski definition) is 1. The number of aromatic nitrogens is 2. The van der Waals surface area contributed by atoms with E-state index in [9.17, 15) is 4.79 Å². The number of rotatable bonds is 6. The van der Waals surface area contributed by atoms with Crippen LogP contribution in [0, 0.1) is 12.8 Å². The van der Waals surface area contributed by atoms with Gasteiger partial charge in [0.05, 0.1) is 12.5 Å². The SMILES string of the molecule is Cc1ccc(-c2noc(CN3CCCC(C(=O)NCc4ccc5c(c4)OCO5)C3)n2)cc1. The number of aryl methyl sites for hydroxylation is 1. The van der Waals surface area contributed by atoms with Gasteiger partial charge in [-0.3, -0.25) is 9.69 Å². The van der Waals surface area contributed by atoms with Crippen LogP contribution in [0.15, 0.2) is 47.0 Å². The molecule has 1 unspecified atom stereocenters. The highest BCUT2D eigenvalue weighted by atomic mass is 16.7. The number of amides is 1. The van der Waals surface area contributed by atoms with Crippen molar-refractivity contribution >= 4 is 5.91 Å². The zero-order valence-electron chi connectivity index (χ0n) is 18.0. The first-order valence-electron chi connectivity index (χ1n) is 10.9. The maximum atomic E-state index is 12.8. The molecule has 1 amide bonds. The van der Waals surface area contributed by atoms with Crippen LogP contribution in [0.4, 0.5) is 0 Å². The van der Waals surface area contributed by atoms with E-state index in [1.54, 1.807) is 0 Å². The maximum absolute atomic E-state index is 12.8. The number of nitrogens with one attached hydrogen (secondary N) is 1. The van der Waals surface area contributed by atoms with Crippen LogP contribution >= 0.6 is 0 Å². The van der Waals surface area contributed by atoms with Crippen molar-refractivity contribution in [2.75, 3.05) is 19.9 Å². The topological polar surface area (TPSA) is 89.7 Å². The maximum Gasteiger partial charge on any atom is 0.241 e. The fraction of sp³-hybridized carbons (Fsp3) is 0.375. The summed E-state index contributed by atoms with van der Waals surface area (Å²) < 4.78 is 16.2. The van der Waals surface area contributed by atoms with Crippen LogP contribution in [-0.4, -0.2) is 40.8 Å². The summed E-state index contributed by atoms with van der Waals surface area (Å²) >= 11 is 0. The van der Waals surface area contributed by atoms with Crippen LogP contribution < -0.4 is 14.8 Å². The van der Waals surface area contributed by atoms with Crippen molar-refractivity contribution in [1.82, 2.24) is 20.4 Å². The van der Waals surface area contributed by atoms with E-state index in [2.05, 4.69) is 20.4 Å². The minimum Gasteiger partial charge on any atom is -0.454 e. The van der Waals surface area contributed by atoms with Gasteiger partial charge in [0.2, 0.25) is 24.4 Å². The Kier molecular flexibility index (Phi) is 5.77. The Hall–Kier alpha value is -3.39. The van der Waals surface area contributed by atoms with Crippen LogP contribution in [0.25, 0.3) is 11.4 Å². The molecule has 32 heavy (non-hydrogen) atoms. The number of carbonyl (C=O) groups excluding carboxylic acids is 1. The third kappa shape index (κ3) is 4.60. The molecule has 1 fully saturated rings. The molecule has 1 aromatic heterocycles. The Balaban J connectivity index is 1.15. The molecule has 3 aromatic rings. The number of piperidine rings is 1. The van der Waals surface area contributed by atoms with Gasteiger partial charge in [-0.15, -0.1) is 0 Å². The number of likely N-dealkylation sites (tertiary alicyclic amines) is 1. The van der Waals surface area contributed by atoms with Crippen LogP contribution in [-0.2, 0) is 17.9 Å². The molecule has 0 saturated carbocycles. The molecule has 1 atom stereocenters. The highest BCUT2D eigenvalue weighted by molar-refractivity contribution is 5.79. The lowest BCUT2D eigenvalue weighted by atomic mass is 9.97. The Bertz CT molecular complexity index is 1100. The number of benzene rings is 2. The number of fused-ring (bicyclic) bond motifs is 1. The van der Waals surface area contributed by atoms with E-state index in [1.165, 1.54) is 5.56 Å². The summed E-state index contributed by atoms with van der Waals surface area (Å²) in [5, 5.41) is 7.17. The van der Waals surface area contributed by atoms with E-state index in [1.807, 2.05) is 49.4 Å². The number of ether oxygens (including phenoxy) is 2. The van der Waals surface area contributed by atoms with Gasteiger partial charge in [0.25, 0.3) is 0 Å². The average molecular weight is 434 g/mol. The first-order valence-corrected chi connectivity index (χ1v) is 10.9. The molecule has 2 aliphatic rings. The molecule has 1 N–H and O–H groups in total. The third-order valence-corrected chi connectivity index (χ3v) is 5.92. The molecule has 1 saturated heterocycles. The van der Waals surface area contributed by atoms with Gasteiger partial charge in [-0.25, -0.2) is 0 Å². The minimum absolute atomic E-state index is 0.0581. The second-order valence-corrected chi connectivity index (χ2v) is 8.36. The van der Waals surface area contributed by atoms with E-state index >= 15 is 0 Å². The van der Waals surface area contributed by atoms with Crippen molar-refractivity contribution in [2.45, 2.75) is 32.9 Å². The molecule has 0 aliphatic carbocycles. The lowest BCUT2D eigenvalue weighted by molar-refractivity contribution is -0.127. The van der Waals surface area contributed by atoms with Gasteiger partial charge in [0.1, 0.15) is 0 Å². The molecule has 5 rings (SSSR count). The molecule has 2 aliphatic heterocycles. The van der Waals surface area contributed by atoms with Crippen LogP contribution in [0.1, 0.15) is 29.9 Å². The predicted octanol–water partition coefficient (Wildman–Crippen LogP) is 3.30. The lowest BCUT2D eigenvalue weighted by Gasteiger charge is -2.30. The van der Waals surface area contributed by atoms with Crippen molar-refractivity contribution in [2.24, 2.45) is 5.92 Å². The molecule has 0 spiro atoms. The molecular formula is C24H26N4O4. The van der Waals surface area contributed by atoms with Crippen molar-refractivity contribution in [3.8, 4) is 22.9 Å². The van der Waals surface area contributed by atoms with Crippen molar-refractivity contribution in [1.29, 1.82) is 0 Å². The second kappa shape index (κ2) is 9.00. The van der Waals surface area contributed by atoms with Gasteiger partial charge in [0.15, 0.2) is 11.5 Å². The van der Waals surface area contributed by atoms with E-state index in [0.717, 1.165) is 42.0 Å². The Labute approximate surface area is 186 Å². The predicted molar refractivity (Wildman–Crippen MR) is 117 cm³/mol. The molecular weight excluding hydrogens is 408 g/mol. The average Bonchev–Trinajstić information content (AvgIpc) is 3.47. The number of hydrogen-bond acceptors (Lipinski definition) is 7. The van der Waals surface area contributed by atoms with Crippen molar-refractivity contribution in [3.63, 3.8) is 0 Å².